The van der Waals surface area contributed by atoms with Crippen LogP contribution in [0.25, 0.3) is 0 Å². The summed E-state index contributed by atoms with van der Waals surface area (Å²) >= 11 is 0. The quantitative estimate of drug-likeness (QED) is 0.736. The number of aryl methyl sites for hydroxylation is 1. The lowest BCUT2D eigenvalue weighted by Gasteiger charge is -2.25. The molecule has 0 saturated heterocycles. The number of ether oxygens (including phenoxy) is 1. The first-order valence-electron chi connectivity index (χ1n) is 6.45. The largest absolute Gasteiger partial charge is 0.389 e. The summed E-state index contributed by atoms with van der Waals surface area (Å²) in [5.41, 5.74) is 0.393. The highest BCUT2D eigenvalue weighted by Gasteiger charge is 2.21. The van der Waals surface area contributed by atoms with E-state index >= 15 is 0 Å². The summed E-state index contributed by atoms with van der Waals surface area (Å²) in [5, 5.41) is 17.7. The molecule has 1 aromatic rings. The molecule has 0 aliphatic carbocycles. The molecule has 2 atom stereocenters. The highest BCUT2D eigenvalue weighted by atomic mass is 16.5. The lowest BCUT2D eigenvalue weighted by atomic mass is 10.0. The van der Waals surface area contributed by atoms with Gasteiger partial charge in [-0.1, -0.05) is 0 Å². The van der Waals surface area contributed by atoms with E-state index in [-0.39, 0.29) is 6.04 Å². The molecule has 5 heteroatoms. The summed E-state index contributed by atoms with van der Waals surface area (Å²) in [5.74, 6) is 0. The van der Waals surface area contributed by atoms with Gasteiger partial charge in [-0.3, -0.25) is 4.68 Å². The lowest BCUT2D eigenvalue weighted by Crippen LogP contribution is -2.39. The molecule has 0 amide bonds. The molecule has 0 saturated carbocycles. The smallest absolute Gasteiger partial charge is 0.0765 e. The van der Waals surface area contributed by atoms with Crippen LogP contribution in [0, 0.1) is 0 Å². The van der Waals surface area contributed by atoms with Gasteiger partial charge in [0.05, 0.1) is 11.8 Å². The van der Waals surface area contributed by atoms with Crippen molar-refractivity contribution in [3.05, 3.63) is 18.0 Å². The van der Waals surface area contributed by atoms with E-state index in [9.17, 15) is 5.11 Å². The monoisotopic (exact) mass is 255 g/mol. The van der Waals surface area contributed by atoms with Crippen molar-refractivity contribution in [2.75, 3.05) is 20.3 Å². The van der Waals surface area contributed by atoms with Gasteiger partial charge in [0, 0.05) is 51.0 Å². The number of aromatic nitrogens is 2. The Labute approximate surface area is 109 Å². The third-order valence-electron chi connectivity index (χ3n) is 3.11. The Morgan fingerprint density at radius 2 is 2.33 bits per heavy atom. The van der Waals surface area contributed by atoms with Crippen LogP contribution in [0.1, 0.15) is 38.8 Å². The summed E-state index contributed by atoms with van der Waals surface area (Å²) in [6, 6.07) is 0.180. The van der Waals surface area contributed by atoms with Crippen molar-refractivity contribution in [3.8, 4) is 0 Å². The molecule has 0 spiro atoms. The van der Waals surface area contributed by atoms with Gasteiger partial charge in [0.25, 0.3) is 0 Å². The zero-order valence-electron chi connectivity index (χ0n) is 11.8. The molecular weight excluding hydrogens is 230 g/mol. The zero-order valence-corrected chi connectivity index (χ0v) is 11.8. The Morgan fingerprint density at radius 3 is 2.89 bits per heavy atom. The first kappa shape index (κ1) is 15.1. The number of hydrogen-bond donors (Lipinski definition) is 2. The van der Waals surface area contributed by atoms with Gasteiger partial charge in [0.2, 0.25) is 0 Å². The standard InChI is InChI=1S/C13H25N3O2/c1-5-16-9-12(8-15-16)11(2)14-10-13(3,17)6-7-18-4/h8-9,11,14,17H,5-7,10H2,1-4H3. The van der Waals surface area contributed by atoms with E-state index in [1.165, 1.54) is 0 Å². The molecule has 1 rings (SSSR count). The maximum Gasteiger partial charge on any atom is 0.0765 e. The first-order valence-corrected chi connectivity index (χ1v) is 6.45. The third kappa shape index (κ3) is 4.76. The lowest BCUT2D eigenvalue weighted by molar-refractivity contribution is 0.0231. The second kappa shape index (κ2) is 6.87. The van der Waals surface area contributed by atoms with Gasteiger partial charge < -0.3 is 15.2 Å². The molecule has 18 heavy (non-hydrogen) atoms. The summed E-state index contributed by atoms with van der Waals surface area (Å²) < 4.78 is 6.89. The van der Waals surface area contributed by atoms with Crippen molar-refractivity contribution in [2.45, 2.75) is 45.4 Å². The van der Waals surface area contributed by atoms with Gasteiger partial charge in [-0.15, -0.1) is 0 Å². The summed E-state index contributed by atoms with van der Waals surface area (Å²) in [6.07, 6.45) is 4.52. The van der Waals surface area contributed by atoms with Crippen LogP contribution < -0.4 is 5.32 Å². The van der Waals surface area contributed by atoms with Gasteiger partial charge >= 0.3 is 0 Å². The minimum atomic E-state index is -0.745. The van der Waals surface area contributed by atoms with Crippen molar-refractivity contribution in [1.82, 2.24) is 15.1 Å². The van der Waals surface area contributed by atoms with Crippen LogP contribution in [0.2, 0.25) is 0 Å². The van der Waals surface area contributed by atoms with Crippen molar-refractivity contribution in [2.24, 2.45) is 0 Å². The highest BCUT2D eigenvalue weighted by molar-refractivity contribution is 5.09. The fourth-order valence-corrected chi connectivity index (χ4v) is 1.68. The van der Waals surface area contributed by atoms with E-state index in [0.717, 1.165) is 12.1 Å². The van der Waals surface area contributed by atoms with Crippen LogP contribution in [0.3, 0.4) is 0 Å². The number of methoxy groups -OCH3 is 1. The van der Waals surface area contributed by atoms with Crippen molar-refractivity contribution >= 4 is 0 Å². The topological polar surface area (TPSA) is 59.3 Å². The Kier molecular flexibility index (Phi) is 5.78. The molecule has 0 aliphatic rings. The molecule has 1 heterocycles. The molecule has 0 aromatic carbocycles. The molecule has 0 bridgehead atoms. The Hall–Kier alpha value is -0.910. The maximum atomic E-state index is 10.1. The molecule has 2 unspecified atom stereocenters. The number of nitrogens with one attached hydrogen (secondary N) is 1. The number of nitrogens with zero attached hydrogens (tertiary/aromatic N) is 2. The van der Waals surface area contributed by atoms with Gasteiger partial charge in [0.1, 0.15) is 0 Å². The summed E-state index contributed by atoms with van der Waals surface area (Å²) in [7, 11) is 1.64. The van der Waals surface area contributed by atoms with E-state index in [4.69, 9.17) is 4.74 Å². The van der Waals surface area contributed by atoms with Crippen LogP contribution >= 0.6 is 0 Å². The van der Waals surface area contributed by atoms with Crippen LogP contribution in [0.4, 0.5) is 0 Å². The summed E-state index contributed by atoms with van der Waals surface area (Å²) in [4.78, 5) is 0. The fraction of sp³-hybridized carbons (Fsp3) is 0.769. The Balaban J connectivity index is 2.42. The van der Waals surface area contributed by atoms with Crippen LogP contribution in [-0.4, -0.2) is 40.7 Å². The van der Waals surface area contributed by atoms with E-state index in [1.807, 2.05) is 24.0 Å². The normalized spacial score (nSPS) is 16.5. The first-order chi connectivity index (χ1) is 8.48. The minimum Gasteiger partial charge on any atom is -0.389 e. The average Bonchev–Trinajstić information content (AvgIpc) is 2.82. The van der Waals surface area contributed by atoms with Crippen molar-refractivity contribution < 1.29 is 9.84 Å². The SMILES string of the molecule is CCn1cc(C(C)NCC(C)(O)CCOC)cn1. The Bertz CT molecular complexity index is 350. The Morgan fingerprint density at radius 1 is 1.61 bits per heavy atom. The molecule has 1 aromatic heterocycles. The van der Waals surface area contributed by atoms with E-state index in [2.05, 4.69) is 24.3 Å². The molecule has 104 valence electrons. The molecule has 0 fully saturated rings. The van der Waals surface area contributed by atoms with Gasteiger partial charge in [0.15, 0.2) is 0 Å². The fourth-order valence-electron chi connectivity index (χ4n) is 1.68. The van der Waals surface area contributed by atoms with Crippen molar-refractivity contribution in [1.29, 1.82) is 0 Å². The average molecular weight is 255 g/mol. The van der Waals surface area contributed by atoms with E-state index < -0.39 is 5.60 Å². The van der Waals surface area contributed by atoms with Gasteiger partial charge in [-0.2, -0.15) is 5.10 Å². The number of aliphatic hydroxyl groups is 1. The summed E-state index contributed by atoms with van der Waals surface area (Å²) in [6.45, 7) is 7.93. The molecule has 5 nitrogen and oxygen atoms in total. The second-order valence-electron chi connectivity index (χ2n) is 4.97. The predicted molar refractivity (Wildman–Crippen MR) is 71.4 cm³/mol. The highest BCUT2D eigenvalue weighted by Crippen LogP contribution is 2.14. The molecule has 2 N–H and O–H groups in total. The molecular formula is C13H25N3O2. The maximum absolute atomic E-state index is 10.1. The molecule has 0 aliphatic heterocycles. The van der Waals surface area contributed by atoms with E-state index in [0.29, 0.717) is 19.6 Å². The van der Waals surface area contributed by atoms with Crippen molar-refractivity contribution in [3.63, 3.8) is 0 Å². The van der Waals surface area contributed by atoms with Crippen LogP contribution in [-0.2, 0) is 11.3 Å². The second-order valence-corrected chi connectivity index (χ2v) is 4.97. The number of hydrogen-bond acceptors (Lipinski definition) is 4. The zero-order chi connectivity index (χ0) is 13.6. The number of rotatable bonds is 8. The minimum absolute atomic E-state index is 0.180. The van der Waals surface area contributed by atoms with Crippen LogP contribution in [0.15, 0.2) is 12.4 Å². The molecule has 0 radical (unpaired) electrons. The van der Waals surface area contributed by atoms with Gasteiger partial charge in [-0.25, -0.2) is 0 Å². The third-order valence-corrected chi connectivity index (χ3v) is 3.11. The van der Waals surface area contributed by atoms with Gasteiger partial charge in [-0.05, 0) is 20.8 Å². The van der Waals surface area contributed by atoms with E-state index in [1.54, 1.807) is 7.11 Å². The predicted octanol–water partition coefficient (Wildman–Crippen LogP) is 1.34. The van der Waals surface area contributed by atoms with Crippen LogP contribution in [0.5, 0.6) is 0 Å².